The van der Waals surface area contributed by atoms with Crippen molar-refractivity contribution in [3.05, 3.63) is 65.0 Å². The topological polar surface area (TPSA) is 106 Å². The number of para-hydroxylation sites is 1. The molecular weight excluding hydrogens is 396 g/mol. The van der Waals surface area contributed by atoms with Crippen LogP contribution in [0.15, 0.2) is 52.9 Å². The number of hydrogen-bond acceptors (Lipinski definition) is 6. The fraction of sp³-hybridized carbons (Fsp3) is 0.200. The Bertz CT molecular complexity index is 1000. The van der Waals surface area contributed by atoms with Gasteiger partial charge in [0.2, 0.25) is 5.89 Å². The molecule has 3 rings (SSSR count). The molecule has 0 fully saturated rings. The first-order valence-electron chi connectivity index (χ1n) is 8.84. The number of urea groups is 1. The zero-order valence-electron chi connectivity index (χ0n) is 15.8. The quantitative estimate of drug-likeness (QED) is 0.583. The van der Waals surface area contributed by atoms with E-state index < -0.39 is 12.0 Å². The smallest absolute Gasteiger partial charge is 0.340 e. The van der Waals surface area contributed by atoms with Crippen molar-refractivity contribution in [3.63, 3.8) is 0 Å². The van der Waals surface area contributed by atoms with Crippen LogP contribution in [0.1, 0.15) is 30.1 Å². The van der Waals surface area contributed by atoms with E-state index in [0.717, 1.165) is 0 Å². The van der Waals surface area contributed by atoms with Gasteiger partial charge in [-0.2, -0.15) is 0 Å². The van der Waals surface area contributed by atoms with Crippen LogP contribution in [-0.2, 0) is 11.3 Å². The van der Waals surface area contributed by atoms with Gasteiger partial charge in [0.05, 0.1) is 11.3 Å². The molecule has 0 aliphatic rings. The van der Waals surface area contributed by atoms with Gasteiger partial charge >= 0.3 is 12.0 Å². The molecule has 0 aliphatic carbocycles. The van der Waals surface area contributed by atoms with Crippen molar-refractivity contribution in [1.82, 2.24) is 15.5 Å². The van der Waals surface area contributed by atoms with Gasteiger partial charge in [-0.3, -0.25) is 0 Å². The Morgan fingerprint density at radius 3 is 2.55 bits per heavy atom. The summed E-state index contributed by atoms with van der Waals surface area (Å²) < 4.78 is 10.8. The molecule has 0 unspecified atom stereocenters. The molecule has 150 valence electrons. The van der Waals surface area contributed by atoms with Gasteiger partial charge in [-0.25, -0.2) is 9.59 Å². The number of carbonyl (C=O) groups is 2. The second-order valence-corrected chi connectivity index (χ2v) is 6.82. The first-order chi connectivity index (χ1) is 13.9. The standard InChI is InChI=1S/C20H19ClN4O4/c1-12(2)22-20(27)23-16-6-4-3-5-15(16)19(26)28-11-17-24-25-18(29-17)13-7-9-14(21)10-8-13/h3-10,12H,11H2,1-2H3,(H2,22,23,27). The Morgan fingerprint density at radius 2 is 1.83 bits per heavy atom. The van der Waals surface area contributed by atoms with Crippen LogP contribution in [0.4, 0.5) is 10.5 Å². The molecule has 8 nitrogen and oxygen atoms in total. The summed E-state index contributed by atoms with van der Waals surface area (Å²) in [5.74, 6) is -0.192. The molecule has 3 aromatic rings. The molecule has 2 aromatic carbocycles. The average molecular weight is 415 g/mol. The summed E-state index contributed by atoms with van der Waals surface area (Å²) in [5, 5.41) is 13.7. The Balaban J connectivity index is 1.64. The molecule has 2 N–H and O–H groups in total. The lowest BCUT2D eigenvalue weighted by Crippen LogP contribution is -2.34. The lowest BCUT2D eigenvalue weighted by Gasteiger charge is -2.12. The van der Waals surface area contributed by atoms with E-state index in [1.807, 2.05) is 13.8 Å². The predicted octanol–water partition coefficient (Wildman–Crippen LogP) is 4.28. The third kappa shape index (κ3) is 5.55. The summed E-state index contributed by atoms with van der Waals surface area (Å²) in [5.41, 5.74) is 1.25. The molecule has 1 heterocycles. The Labute approximate surface area is 172 Å². The van der Waals surface area contributed by atoms with Gasteiger partial charge in [0.25, 0.3) is 5.89 Å². The molecule has 9 heteroatoms. The Kier molecular flexibility index (Phi) is 6.46. The van der Waals surface area contributed by atoms with Crippen molar-refractivity contribution < 1.29 is 18.7 Å². The lowest BCUT2D eigenvalue weighted by molar-refractivity contribution is 0.0440. The normalized spacial score (nSPS) is 10.6. The molecule has 0 aliphatic heterocycles. The van der Waals surface area contributed by atoms with Crippen molar-refractivity contribution in [2.45, 2.75) is 26.5 Å². The predicted molar refractivity (Wildman–Crippen MR) is 108 cm³/mol. The average Bonchev–Trinajstić information content (AvgIpc) is 3.15. The maximum absolute atomic E-state index is 12.5. The third-order valence-corrected chi connectivity index (χ3v) is 3.95. The minimum Gasteiger partial charge on any atom is -0.452 e. The molecule has 2 amide bonds. The molecular formula is C20H19ClN4O4. The monoisotopic (exact) mass is 414 g/mol. The van der Waals surface area contributed by atoms with Crippen LogP contribution in [0.2, 0.25) is 5.02 Å². The Morgan fingerprint density at radius 1 is 1.10 bits per heavy atom. The number of benzene rings is 2. The summed E-state index contributed by atoms with van der Waals surface area (Å²) in [6.07, 6.45) is 0. The summed E-state index contributed by atoms with van der Waals surface area (Å²) >= 11 is 5.86. The molecule has 0 atom stereocenters. The van der Waals surface area contributed by atoms with Gasteiger partial charge in [0, 0.05) is 16.6 Å². The van der Waals surface area contributed by atoms with E-state index in [0.29, 0.717) is 22.2 Å². The van der Waals surface area contributed by atoms with Crippen molar-refractivity contribution >= 4 is 29.3 Å². The molecule has 29 heavy (non-hydrogen) atoms. The van der Waals surface area contributed by atoms with E-state index in [1.54, 1.807) is 48.5 Å². The highest BCUT2D eigenvalue weighted by Crippen LogP contribution is 2.21. The fourth-order valence-electron chi connectivity index (χ4n) is 2.42. The van der Waals surface area contributed by atoms with Crippen molar-refractivity contribution in [2.24, 2.45) is 0 Å². The van der Waals surface area contributed by atoms with Gasteiger partial charge in [0.1, 0.15) is 0 Å². The summed E-state index contributed by atoms with van der Waals surface area (Å²) in [4.78, 5) is 24.4. The number of aromatic nitrogens is 2. The molecule has 0 radical (unpaired) electrons. The number of anilines is 1. The van der Waals surface area contributed by atoms with Gasteiger partial charge in [0.15, 0.2) is 6.61 Å². The zero-order valence-corrected chi connectivity index (χ0v) is 16.6. The fourth-order valence-corrected chi connectivity index (χ4v) is 2.54. The summed E-state index contributed by atoms with van der Waals surface area (Å²) in [7, 11) is 0. The van der Waals surface area contributed by atoms with E-state index >= 15 is 0 Å². The number of rotatable bonds is 6. The highest BCUT2D eigenvalue weighted by atomic mass is 35.5. The highest BCUT2D eigenvalue weighted by molar-refractivity contribution is 6.30. The van der Waals surface area contributed by atoms with Gasteiger partial charge < -0.3 is 19.8 Å². The van der Waals surface area contributed by atoms with Gasteiger partial charge in [-0.15, -0.1) is 10.2 Å². The van der Waals surface area contributed by atoms with Crippen LogP contribution in [0.3, 0.4) is 0 Å². The number of amides is 2. The third-order valence-electron chi connectivity index (χ3n) is 3.70. The molecule has 0 bridgehead atoms. The molecule has 0 saturated carbocycles. The van der Waals surface area contributed by atoms with Crippen LogP contribution in [0.25, 0.3) is 11.5 Å². The number of halogens is 1. The minimum absolute atomic E-state index is 0.0403. The Hall–Kier alpha value is -3.39. The number of nitrogens with zero attached hydrogens (tertiary/aromatic N) is 2. The molecule has 0 spiro atoms. The second kappa shape index (κ2) is 9.20. The zero-order chi connectivity index (χ0) is 20.8. The number of ether oxygens (including phenoxy) is 1. The number of nitrogens with one attached hydrogen (secondary N) is 2. The first-order valence-corrected chi connectivity index (χ1v) is 9.22. The summed E-state index contributed by atoms with van der Waals surface area (Å²) in [6, 6.07) is 13.0. The van der Waals surface area contributed by atoms with Crippen molar-refractivity contribution in [3.8, 4) is 11.5 Å². The second-order valence-electron chi connectivity index (χ2n) is 6.38. The SMILES string of the molecule is CC(C)NC(=O)Nc1ccccc1C(=O)OCc1nnc(-c2ccc(Cl)cc2)o1. The van der Waals surface area contributed by atoms with Crippen LogP contribution >= 0.6 is 11.6 Å². The number of carbonyl (C=O) groups excluding carboxylic acids is 2. The van der Waals surface area contributed by atoms with E-state index in [2.05, 4.69) is 20.8 Å². The van der Waals surface area contributed by atoms with Gasteiger partial charge in [-0.1, -0.05) is 23.7 Å². The molecule has 1 aromatic heterocycles. The van der Waals surface area contributed by atoms with E-state index in [-0.39, 0.29) is 24.1 Å². The van der Waals surface area contributed by atoms with Crippen molar-refractivity contribution in [1.29, 1.82) is 0 Å². The number of hydrogen-bond donors (Lipinski definition) is 2. The van der Waals surface area contributed by atoms with Crippen molar-refractivity contribution in [2.75, 3.05) is 5.32 Å². The van der Waals surface area contributed by atoms with Crippen LogP contribution in [0.5, 0.6) is 0 Å². The number of esters is 1. The largest absolute Gasteiger partial charge is 0.452 e. The maximum atomic E-state index is 12.5. The summed E-state index contributed by atoms with van der Waals surface area (Å²) in [6.45, 7) is 3.47. The first kappa shape index (κ1) is 20.3. The highest BCUT2D eigenvalue weighted by Gasteiger charge is 2.16. The van der Waals surface area contributed by atoms with Crippen LogP contribution in [0, 0.1) is 0 Å². The van der Waals surface area contributed by atoms with Crippen LogP contribution in [-0.4, -0.2) is 28.2 Å². The van der Waals surface area contributed by atoms with Gasteiger partial charge in [-0.05, 0) is 50.2 Å². The van der Waals surface area contributed by atoms with E-state index in [9.17, 15) is 9.59 Å². The lowest BCUT2D eigenvalue weighted by atomic mass is 10.2. The van der Waals surface area contributed by atoms with E-state index in [1.165, 1.54) is 0 Å². The molecule has 0 saturated heterocycles. The van der Waals surface area contributed by atoms with E-state index in [4.69, 9.17) is 20.8 Å². The maximum Gasteiger partial charge on any atom is 0.340 e. The minimum atomic E-state index is -0.628. The van der Waals surface area contributed by atoms with Crippen LogP contribution < -0.4 is 10.6 Å².